The number of benzene rings is 1. The van der Waals surface area contributed by atoms with Crippen LogP contribution in [0.4, 0.5) is 5.69 Å². The maximum atomic E-state index is 13.3. The SMILES string of the molecule is Cc1ccc(C(=O)N2CC3CN(C(=O)c4sc5nnc(C)c(C)c5c4N)CC3C2)cc1. The fraction of sp³-hybridized carbons (Fsp3) is 0.391. The summed E-state index contributed by atoms with van der Waals surface area (Å²) >= 11 is 1.32. The molecule has 2 saturated heterocycles. The summed E-state index contributed by atoms with van der Waals surface area (Å²) in [5.41, 5.74) is 10.5. The van der Waals surface area contributed by atoms with Crippen molar-refractivity contribution in [1.82, 2.24) is 20.0 Å². The number of nitrogens with two attached hydrogens (primary N) is 1. The van der Waals surface area contributed by atoms with Crippen molar-refractivity contribution in [3.8, 4) is 0 Å². The van der Waals surface area contributed by atoms with Gasteiger partial charge in [-0.25, -0.2) is 0 Å². The first-order valence-corrected chi connectivity index (χ1v) is 11.3. The third kappa shape index (κ3) is 3.26. The van der Waals surface area contributed by atoms with Crippen LogP contribution in [0.1, 0.15) is 36.9 Å². The van der Waals surface area contributed by atoms with Gasteiger partial charge >= 0.3 is 0 Å². The van der Waals surface area contributed by atoms with Crippen LogP contribution in [0.2, 0.25) is 0 Å². The Morgan fingerprint density at radius 1 is 0.935 bits per heavy atom. The maximum Gasteiger partial charge on any atom is 0.266 e. The van der Waals surface area contributed by atoms with Crippen LogP contribution < -0.4 is 5.73 Å². The molecule has 31 heavy (non-hydrogen) atoms. The molecule has 2 aliphatic heterocycles. The van der Waals surface area contributed by atoms with Gasteiger partial charge in [-0.2, -0.15) is 5.10 Å². The van der Waals surface area contributed by atoms with E-state index in [1.54, 1.807) is 0 Å². The van der Waals surface area contributed by atoms with Crippen molar-refractivity contribution in [2.45, 2.75) is 20.8 Å². The lowest BCUT2D eigenvalue weighted by molar-refractivity contribution is 0.0741. The monoisotopic (exact) mass is 435 g/mol. The zero-order valence-corrected chi connectivity index (χ0v) is 18.7. The average molecular weight is 436 g/mol. The van der Waals surface area contributed by atoms with Gasteiger partial charge in [0.25, 0.3) is 11.8 Å². The van der Waals surface area contributed by atoms with Crippen LogP contribution in [0.3, 0.4) is 0 Å². The highest BCUT2D eigenvalue weighted by Gasteiger charge is 2.43. The van der Waals surface area contributed by atoms with Gasteiger partial charge in [-0.1, -0.05) is 17.7 Å². The lowest BCUT2D eigenvalue weighted by Crippen LogP contribution is -2.35. The molecule has 160 valence electrons. The molecule has 2 fully saturated rings. The summed E-state index contributed by atoms with van der Waals surface area (Å²) in [4.78, 5) is 31.2. The minimum atomic E-state index is -0.0386. The van der Waals surface area contributed by atoms with E-state index in [1.165, 1.54) is 11.3 Å². The second kappa shape index (κ2) is 7.30. The Hall–Kier alpha value is -3.00. The Morgan fingerprint density at radius 2 is 1.52 bits per heavy atom. The number of amides is 2. The Labute approximate surface area is 184 Å². The first kappa shape index (κ1) is 19.9. The second-order valence-electron chi connectivity index (χ2n) is 8.74. The molecule has 0 bridgehead atoms. The molecule has 0 radical (unpaired) electrons. The summed E-state index contributed by atoms with van der Waals surface area (Å²) < 4.78 is 0. The van der Waals surface area contributed by atoms with Crippen molar-refractivity contribution in [1.29, 1.82) is 0 Å². The lowest BCUT2D eigenvalue weighted by Gasteiger charge is -2.22. The minimum Gasteiger partial charge on any atom is -0.397 e. The first-order valence-electron chi connectivity index (χ1n) is 10.5. The fourth-order valence-corrected chi connectivity index (χ4v) is 5.82. The van der Waals surface area contributed by atoms with Crippen LogP contribution in [-0.2, 0) is 0 Å². The molecule has 2 aromatic heterocycles. The quantitative estimate of drug-likeness (QED) is 0.668. The van der Waals surface area contributed by atoms with Gasteiger partial charge in [-0.3, -0.25) is 9.59 Å². The summed E-state index contributed by atoms with van der Waals surface area (Å²) in [6, 6.07) is 7.71. The van der Waals surface area contributed by atoms with E-state index in [4.69, 9.17) is 5.73 Å². The van der Waals surface area contributed by atoms with Gasteiger partial charge in [-0.15, -0.1) is 16.4 Å². The van der Waals surface area contributed by atoms with E-state index in [9.17, 15) is 9.59 Å². The molecule has 0 saturated carbocycles. The van der Waals surface area contributed by atoms with Crippen LogP contribution in [0.15, 0.2) is 24.3 Å². The highest BCUT2D eigenvalue weighted by atomic mass is 32.1. The molecule has 5 rings (SSSR count). The molecule has 1 aromatic carbocycles. The molecule has 4 heterocycles. The largest absolute Gasteiger partial charge is 0.397 e. The van der Waals surface area contributed by atoms with Gasteiger partial charge in [0.15, 0.2) is 0 Å². The molecule has 2 N–H and O–H groups in total. The van der Waals surface area contributed by atoms with E-state index in [0.717, 1.165) is 27.8 Å². The van der Waals surface area contributed by atoms with Gasteiger partial charge < -0.3 is 15.5 Å². The van der Waals surface area contributed by atoms with Crippen molar-refractivity contribution in [2.75, 3.05) is 31.9 Å². The number of hydrogen-bond acceptors (Lipinski definition) is 6. The molecular weight excluding hydrogens is 410 g/mol. The summed E-state index contributed by atoms with van der Waals surface area (Å²) in [5.74, 6) is 0.643. The Bertz CT molecular complexity index is 1190. The molecule has 2 aliphatic rings. The number of carbonyl (C=O) groups is 2. The van der Waals surface area contributed by atoms with Crippen molar-refractivity contribution < 1.29 is 9.59 Å². The fourth-order valence-electron chi connectivity index (χ4n) is 4.75. The molecule has 2 unspecified atom stereocenters. The normalized spacial score (nSPS) is 20.5. The molecule has 3 aromatic rings. The highest BCUT2D eigenvalue weighted by Crippen LogP contribution is 2.38. The first-order chi connectivity index (χ1) is 14.8. The van der Waals surface area contributed by atoms with Gasteiger partial charge in [0.05, 0.1) is 11.4 Å². The van der Waals surface area contributed by atoms with Gasteiger partial charge in [0, 0.05) is 49.0 Å². The maximum absolute atomic E-state index is 13.3. The topological polar surface area (TPSA) is 92.4 Å². The van der Waals surface area contributed by atoms with Crippen LogP contribution in [0.25, 0.3) is 10.2 Å². The number of hydrogen-bond donors (Lipinski definition) is 1. The second-order valence-corrected chi connectivity index (χ2v) is 9.74. The van der Waals surface area contributed by atoms with Crippen LogP contribution in [0.5, 0.6) is 0 Å². The van der Waals surface area contributed by atoms with E-state index < -0.39 is 0 Å². The Morgan fingerprint density at radius 3 is 2.13 bits per heavy atom. The number of anilines is 1. The number of thiophene rings is 1. The number of aromatic nitrogens is 2. The van der Waals surface area contributed by atoms with Crippen molar-refractivity contribution in [2.24, 2.45) is 11.8 Å². The van der Waals surface area contributed by atoms with Crippen LogP contribution >= 0.6 is 11.3 Å². The number of fused-ring (bicyclic) bond motifs is 2. The lowest BCUT2D eigenvalue weighted by atomic mass is 10.0. The number of aryl methyl sites for hydroxylation is 3. The third-order valence-corrected chi connectivity index (χ3v) is 7.77. The summed E-state index contributed by atoms with van der Waals surface area (Å²) in [6.45, 7) is 8.55. The minimum absolute atomic E-state index is 0.0386. The number of nitrogen functional groups attached to an aromatic ring is 1. The van der Waals surface area contributed by atoms with E-state index in [0.29, 0.717) is 53.4 Å². The van der Waals surface area contributed by atoms with E-state index in [-0.39, 0.29) is 11.8 Å². The number of likely N-dealkylation sites (tertiary alicyclic amines) is 2. The number of rotatable bonds is 2. The predicted molar refractivity (Wildman–Crippen MR) is 121 cm³/mol. The van der Waals surface area contributed by atoms with Gasteiger partial charge in [0.1, 0.15) is 9.71 Å². The van der Waals surface area contributed by atoms with Gasteiger partial charge in [-0.05, 0) is 38.5 Å². The smallest absolute Gasteiger partial charge is 0.266 e. The highest BCUT2D eigenvalue weighted by molar-refractivity contribution is 7.21. The van der Waals surface area contributed by atoms with Crippen molar-refractivity contribution >= 4 is 39.1 Å². The molecule has 0 spiro atoms. The molecule has 0 aliphatic carbocycles. The average Bonchev–Trinajstić information content (AvgIpc) is 3.42. The zero-order valence-electron chi connectivity index (χ0n) is 17.9. The van der Waals surface area contributed by atoms with Crippen LogP contribution in [-0.4, -0.2) is 58.0 Å². The summed E-state index contributed by atoms with van der Waals surface area (Å²) in [7, 11) is 0. The van der Waals surface area contributed by atoms with E-state index in [2.05, 4.69) is 10.2 Å². The standard InChI is InChI=1S/C23H25N5O2S/c1-12-4-6-15(7-5-12)22(29)27-8-16-10-28(11-17(16)9-27)23(30)20-19(24)18-13(2)14(3)25-26-21(18)31-20/h4-7,16-17H,8-11,24H2,1-3H3. The van der Waals surface area contributed by atoms with Crippen molar-refractivity contribution in [3.05, 3.63) is 51.5 Å². The van der Waals surface area contributed by atoms with E-state index in [1.807, 2.05) is 54.8 Å². The zero-order chi connectivity index (χ0) is 21.9. The molecule has 2 atom stereocenters. The predicted octanol–water partition coefficient (Wildman–Crippen LogP) is 3.04. The summed E-state index contributed by atoms with van der Waals surface area (Å²) in [5, 5.41) is 9.23. The molecule has 2 amide bonds. The summed E-state index contributed by atoms with van der Waals surface area (Å²) in [6.07, 6.45) is 0. The van der Waals surface area contributed by atoms with Crippen molar-refractivity contribution in [3.63, 3.8) is 0 Å². The van der Waals surface area contributed by atoms with E-state index >= 15 is 0 Å². The third-order valence-electron chi connectivity index (χ3n) is 6.69. The Balaban J connectivity index is 1.30. The molecule has 8 heteroatoms. The van der Waals surface area contributed by atoms with Crippen LogP contribution in [0, 0.1) is 32.6 Å². The molecule has 7 nitrogen and oxygen atoms in total. The number of nitrogens with zero attached hydrogens (tertiary/aromatic N) is 4. The molecular formula is C23H25N5O2S. The number of carbonyl (C=O) groups excluding carboxylic acids is 2. The van der Waals surface area contributed by atoms with Gasteiger partial charge in [0.2, 0.25) is 0 Å². The Kier molecular flexibility index (Phi) is 4.69.